The highest BCUT2D eigenvalue weighted by molar-refractivity contribution is 5.85. The SMILES string of the molecule is Cc1cc(N)c2c(n1)N(C)CCC2.Cl. The third-order valence-corrected chi connectivity index (χ3v) is 2.55. The number of nitrogens with two attached hydrogens (primary N) is 1. The highest BCUT2D eigenvalue weighted by Crippen LogP contribution is 2.28. The molecule has 78 valence electrons. The molecular weight excluding hydrogens is 198 g/mol. The van der Waals surface area contributed by atoms with Crippen LogP contribution >= 0.6 is 12.4 Å². The second-order valence-electron chi connectivity index (χ2n) is 3.68. The molecule has 3 nitrogen and oxygen atoms in total. The van der Waals surface area contributed by atoms with Crippen LogP contribution in [0.1, 0.15) is 17.7 Å². The van der Waals surface area contributed by atoms with Gasteiger partial charge in [-0.05, 0) is 25.8 Å². The first kappa shape index (κ1) is 11.1. The van der Waals surface area contributed by atoms with E-state index in [1.165, 1.54) is 12.0 Å². The molecule has 0 unspecified atom stereocenters. The van der Waals surface area contributed by atoms with Gasteiger partial charge in [0.2, 0.25) is 0 Å². The molecule has 1 aliphatic rings. The Bertz CT molecular complexity index is 338. The summed E-state index contributed by atoms with van der Waals surface area (Å²) in [6.07, 6.45) is 2.25. The lowest BCUT2D eigenvalue weighted by Gasteiger charge is -2.27. The Kier molecular flexibility index (Phi) is 3.21. The van der Waals surface area contributed by atoms with Crippen LogP contribution in [0.15, 0.2) is 6.07 Å². The molecule has 0 fully saturated rings. The maximum absolute atomic E-state index is 5.94. The van der Waals surface area contributed by atoms with Crippen molar-refractivity contribution in [3.63, 3.8) is 0 Å². The van der Waals surface area contributed by atoms with Gasteiger partial charge in [0.05, 0.1) is 0 Å². The predicted octanol–water partition coefficient (Wildman–Crippen LogP) is 1.78. The van der Waals surface area contributed by atoms with Gasteiger partial charge in [0.1, 0.15) is 5.82 Å². The lowest BCUT2D eigenvalue weighted by atomic mass is 10.0. The molecule has 0 aliphatic carbocycles. The first-order chi connectivity index (χ1) is 6.18. The molecule has 0 spiro atoms. The van der Waals surface area contributed by atoms with Crippen molar-refractivity contribution in [1.29, 1.82) is 0 Å². The van der Waals surface area contributed by atoms with E-state index in [2.05, 4.69) is 16.9 Å². The van der Waals surface area contributed by atoms with Crippen molar-refractivity contribution >= 4 is 23.9 Å². The van der Waals surface area contributed by atoms with Crippen molar-refractivity contribution in [1.82, 2.24) is 4.98 Å². The quantitative estimate of drug-likeness (QED) is 0.715. The van der Waals surface area contributed by atoms with Crippen LogP contribution in [-0.4, -0.2) is 18.6 Å². The minimum Gasteiger partial charge on any atom is -0.398 e. The van der Waals surface area contributed by atoms with Crippen molar-refractivity contribution in [3.8, 4) is 0 Å². The molecule has 4 heteroatoms. The number of hydrogen-bond donors (Lipinski definition) is 1. The molecule has 2 rings (SSSR count). The molecule has 0 amide bonds. The first-order valence-corrected chi connectivity index (χ1v) is 4.65. The Hall–Kier alpha value is -0.960. The summed E-state index contributed by atoms with van der Waals surface area (Å²) in [5.41, 5.74) is 9.06. The summed E-state index contributed by atoms with van der Waals surface area (Å²) in [6, 6.07) is 1.96. The monoisotopic (exact) mass is 213 g/mol. The fraction of sp³-hybridized carbons (Fsp3) is 0.500. The smallest absolute Gasteiger partial charge is 0.133 e. The molecular formula is C10H16ClN3. The maximum atomic E-state index is 5.94. The fourth-order valence-corrected chi connectivity index (χ4v) is 1.88. The molecule has 0 bridgehead atoms. The number of rotatable bonds is 0. The average Bonchev–Trinajstić information content (AvgIpc) is 2.07. The highest BCUT2D eigenvalue weighted by Gasteiger charge is 2.17. The second kappa shape index (κ2) is 4.05. The number of anilines is 2. The van der Waals surface area contributed by atoms with Crippen molar-refractivity contribution in [3.05, 3.63) is 17.3 Å². The van der Waals surface area contributed by atoms with Gasteiger partial charge in [-0.2, -0.15) is 0 Å². The molecule has 0 saturated carbocycles. The van der Waals surface area contributed by atoms with Crippen molar-refractivity contribution in [2.45, 2.75) is 19.8 Å². The lowest BCUT2D eigenvalue weighted by Crippen LogP contribution is -2.26. The normalized spacial score (nSPS) is 14.6. The summed E-state index contributed by atoms with van der Waals surface area (Å²) in [4.78, 5) is 6.68. The molecule has 2 heterocycles. The maximum Gasteiger partial charge on any atom is 0.133 e. The molecule has 0 aromatic carbocycles. The molecule has 1 aromatic heterocycles. The molecule has 14 heavy (non-hydrogen) atoms. The van der Waals surface area contributed by atoms with E-state index in [1.807, 2.05) is 13.0 Å². The van der Waals surface area contributed by atoms with E-state index in [-0.39, 0.29) is 12.4 Å². The van der Waals surface area contributed by atoms with Crippen LogP contribution in [0.4, 0.5) is 11.5 Å². The van der Waals surface area contributed by atoms with Crippen molar-refractivity contribution in [2.75, 3.05) is 24.2 Å². The summed E-state index contributed by atoms with van der Waals surface area (Å²) in [6.45, 7) is 3.07. The van der Waals surface area contributed by atoms with Crippen molar-refractivity contribution < 1.29 is 0 Å². The highest BCUT2D eigenvalue weighted by atomic mass is 35.5. The van der Waals surface area contributed by atoms with Gasteiger partial charge in [0.15, 0.2) is 0 Å². The molecule has 1 aliphatic heterocycles. The van der Waals surface area contributed by atoms with Crippen LogP contribution in [0.25, 0.3) is 0 Å². The Balaban J connectivity index is 0.000000980. The van der Waals surface area contributed by atoms with E-state index in [9.17, 15) is 0 Å². The molecule has 2 N–H and O–H groups in total. The molecule has 0 radical (unpaired) electrons. The van der Waals surface area contributed by atoms with E-state index in [1.54, 1.807) is 0 Å². The number of nitrogens with zero attached hydrogens (tertiary/aromatic N) is 2. The van der Waals surface area contributed by atoms with Gasteiger partial charge in [-0.1, -0.05) is 0 Å². The summed E-state index contributed by atoms with van der Waals surface area (Å²) < 4.78 is 0. The first-order valence-electron chi connectivity index (χ1n) is 4.65. The van der Waals surface area contributed by atoms with Gasteiger partial charge in [0.25, 0.3) is 0 Å². The van der Waals surface area contributed by atoms with E-state index in [0.29, 0.717) is 0 Å². The Morgan fingerprint density at radius 1 is 1.50 bits per heavy atom. The fourth-order valence-electron chi connectivity index (χ4n) is 1.88. The zero-order chi connectivity index (χ0) is 9.42. The summed E-state index contributed by atoms with van der Waals surface area (Å²) in [7, 11) is 2.07. The standard InChI is InChI=1S/C10H15N3.ClH/c1-7-6-9(11)8-4-3-5-13(2)10(8)12-7;/h6H,3-5H2,1-2H3,(H2,11,12);1H. The number of nitrogen functional groups attached to an aromatic ring is 1. The van der Waals surface area contributed by atoms with Crippen LogP contribution in [0.2, 0.25) is 0 Å². The van der Waals surface area contributed by atoms with Crippen LogP contribution in [-0.2, 0) is 6.42 Å². The largest absolute Gasteiger partial charge is 0.398 e. The summed E-state index contributed by atoms with van der Waals surface area (Å²) in [5.74, 6) is 1.07. The second-order valence-corrected chi connectivity index (χ2v) is 3.68. The Morgan fingerprint density at radius 3 is 2.93 bits per heavy atom. The molecule has 0 atom stereocenters. The number of aryl methyl sites for hydroxylation is 1. The van der Waals surface area contributed by atoms with E-state index in [0.717, 1.165) is 30.2 Å². The summed E-state index contributed by atoms with van der Waals surface area (Å²) in [5, 5.41) is 0. The minimum atomic E-state index is 0. The van der Waals surface area contributed by atoms with Gasteiger partial charge in [0, 0.05) is 30.5 Å². The Labute approximate surface area is 90.7 Å². The minimum absolute atomic E-state index is 0. The van der Waals surface area contributed by atoms with E-state index in [4.69, 9.17) is 5.73 Å². The third-order valence-electron chi connectivity index (χ3n) is 2.55. The zero-order valence-electron chi connectivity index (χ0n) is 8.58. The number of halogens is 1. The third kappa shape index (κ3) is 1.77. The zero-order valence-corrected chi connectivity index (χ0v) is 9.40. The number of aromatic nitrogens is 1. The van der Waals surface area contributed by atoms with Crippen LogP contribution in [0.5, 0.6) is 0 Å². The van der Waals surface area contributed by atoms with Gasteiger partial charge < -0.3 is 10.6 Å². The van der Waals surface area contributed by atoms with Crippen molar-refractivity contribution in [2.24, 2.45) is 0 Å². The van der Waals surface area contributed by atoms with E-state index < -0.39 is 0 Å². The van der Waals surface area contributed by atoms with Crippen LogP contribution < -0.4 is 10.6 Å². The Morgan fingerprint density at radius 2 is 2.21 bits per heavy atom. The van der Waals surface area contributed by atoms with Gasteiger partial charge in [-0.25, -0.2) is 4.98 Å². The number of fused-ring (bicyclic) bond motifs is 1. The average molecular weight is 214 g/mol. The summed E-state index contributed by atoms with van der Waals surface area (Å²) >= 11 is 0. The van der Waals surface area contributed by atoms with Gasteiger partial charge >= 0.3 is 0 Å². The van der Waals surface area contributed by atoms with Crippen LogP contribution in [0.3, 0.4) is 0 Å². The molecule has 1 aromatic rings. The topological polar surface area (TPSA) is 42.1 Å². The van der Waals surface area contributed by atoms with E-state index >= 15 is 0 Å². The number of hydrogen-bond acceptors (Lipinski definition) is 3. The van der Waals surface area contributed by atoms with Gasteiger partial charge in [-0.3, -0.25) is 0 Å². The lowest BCUT2D eigenvalue weighted by molar-refractivity contribution is 0.730. The van der Waals surface area contributed by atoms with Crippen LogP contribution in [0, 0.1) is 6.92 Å². The number of pyridine rings is 1. The predicted molar refractivity (Wildman–Crippen MR) is 62.2 cm³/mol. The molecule has 0 saturated heterocycles. The van der Waals surface area contributed by atoms with Gasteiger partial charge in [-0.15, -0.1) is 12.4 Å².